The van der Waals surface area contributed by atoms with Gasteiger partial charge in [0.05, 0.1) is 0 Å². The van der Waals surface area contributed by atoms with Crippen molar-refractivity contribution in [2.24, 2.45) is 0 Å². The first-order valence-corrected chi connectivity index (χ1v) is 8.60. The molecule has 2 aromatic carbocycles. The summed E-state index contributed by atoms with van der Waals surface area (Å²) in [6.07, 6.45) is 0.550. The smallest absolute Gasteiger partial charge is 0.127 e. The van der Waals surface area contributed by atoms with Crippen molar-refractivity contribution in [3.8, 4) is 0 Å². The van der Waals surface area contributed by atoms with Crippen LogP contribution >= 0.6 is 43.5 Å². The van der Waals surface area contributed by atoms with E-state index >= 15 is 0 Å². The molecule has 0 aliphatic carbocycles. The van der Waals surface area contributed by atoms with Gasteiger partial charge in [-0.1, -0.05) is 62.5 Å². The van der Waals surface area contributed by atoms with Crippen molar-refractivity contribution in [1.29, 1.82) is 0 Å². The zero-order valence-corrected chi connectivity index (χ0v) is 15.4. The summed E-state index contributed by atoms with van der Waals surface area (Å²) in [6.45, 7) is 2.81. The summed E-state index contributed by atoms with van der Waals surface area (Å²) >= 11 is 13.0. The van der Waals surface area contributed by atoms with E-state index in [4.69, 9.17) is 11.6 Å². The van der Waals surface area contributed by atoms with Gasteiger partial charge in [-0.25, -0.2) is 4.39 Å². The lowest BCUT2D eigenvalue weighted by Crippen LogP contribution is -2.23. The molecular formula is C16H15Br2ClFN. The molecule has 0 amide bonds. The molecular weight excluding hydrogens is 420 g/mol. The molecule has 112 valence electrons. The van der Waals surface area contributed by atoms with E-state index in [1.807, 2.05) is 31.2 Å². The van der Waals surface area contributed by atoms with E-state index in [1.165, 1.54) is 6.07 Å². The Morgan fingerprint density at radius 2 is 1.81 bits per heavy atom. The summed E-state index contributed by atoms with van der Waals surface area (Å²) in [7, 11) is 0. The first-order chi connectivity index (χ1) is 10.0. The number of nitrogens with one attached hydrogen (secondary N) is 1. The molecule has 0 saturated heterocycles. The number of halogens is 4. The number of benzene rings is 2. The van der Waals surface area contributed by atoms with Crippen molar-refractivity contribution in [2.45, 2.75) is 19.4 Å². The molecule has 0 fully saturated rings. The second-order valence-corrected chi connectivity index (χ2v) is 6.95. The molecule has 1 atom stereocenters. The van der Waals surface area contributed by atoms with E-state index in [1.54, 1.807) is 6.07 Å². The van der Waals surface area contributed by atoms with E-state index in [2.05, 4.69) is 37.2 Å². The molecule has 0 heterocycles. The van der Waals surface area contributed by atoms with Crippen LogP contribution in [0.3, 0.4) is 0 Å². The van der Waals surface area contributed by atoms with Gasteiger partial charge in [0.1, 0.15) is 5.82 Å². The molecule has 0 aromatic heterocycles. The normalized spacial score (nSPS) is 12.4. The Bertz CT molecular complexity index is 634. The third-order valence-electron chi connectivity index (χ3n) is 3.23. The van der Waals surface area contributed by atoms with Crippen LogP contribution in [0.5, 0.6) is 0 Å². The number of likely N-dealkylation sites (N-methyl/N-ethyl adjacent to an activating group) is 1. The van der Waals surface area contributed by atoms with Crippen LogP contribution in [0.4, 0.5) is 4.39 Å². The Kier molecular flexibility index (Phi) is 6.23. The van der Waals surface area contributed by atoms with Crippen molar-refractivity contribution in [3.05, 3.63) is 67.3 Å². The summed E-state index contributed by atoms with van der Waals surface area (Å²) in [5.74, 6) is -0.208. The number of hydrogen-bond acceptors (Lipinski definition) is 1. The maximum Gasteiger partial charge on any atom is 0.127 e. The summed E-state index contributed by atoms with van der Waals surface area (Å²) in [5.41, 5.74) is 1.65. The van der Waals surface area contributed by atoms with Crippen LogP contribution < -0.4 is 5.32 Å². The number of rotatable bonds is 5. The maximum absolute atomic E-state index is 14.0. The zero-order valence-electron chi connectivity index (χ0n) is 11.5. The Balaban J connectivity index is 2.30. The van der Waals surface area contributed by atoms with Crippen molar-refractivity contribution in [3.63, 3.8) is 0 Å². The van der Waals surface area contributed by atoms with Crippen molar-refractivity contribution in [1.82, 2.24) is 5.32 Å². The Labute approximate surface area is 146 Å². The molecule has 2 aromatic rings. The fraction of sp³-hybridized carbons (Fsp3) is 0.250. The first kappa shape index (κ1) is 16.9. The third-order valence-corrected chi connectivity index (χ3v) is 4.54. The highest BCUT2D eigenvalue weighted by Crippen LogP contribution is 2.29. The second-order valence-electron chi connectivity index (χ2n) is 4.72. The third kappa shape index (κ3) is 4.52. The molecule has 1 nitrogen and oxygen atoms in total. The predicted molar refractivity (Wildman–Crippen MR) is 93.4 cm³/mol. The zero-order chi connectivity index (χ0) is 15.4. The quantitative estimate of drug-likeness (QED) is 0.617. The molecule has 0 radical (unpaired) electrons. The van der Waals surface area contributed by atoms with Gasteiger partial charge in [0.15, 0.2) is 0 Å². The largest absolute Gasteiger partial charge is 0.310 e. The summed E-state index contributed by atoms with van der Waals surface area (Å²) in [5, 5.41) is 4.05. The molecule has 2 rings (SSSR count). The minimum Gasteiger partial charge on any atom is -0.310 e. The van der Waals surface area contributed by atoms with Gasteiger partial charge in [-0.15, -0.1) is 0 Å². The van der Waals surface area contributed by atoms with Gasteiger partial charge in [-0.2, -0.15) is 0 Å². The van der Waals surface area contributed by atoms with Crippen LogP contribution in [0.2, 0.25) is 5.02 Å². The van der Waals surface area contributed by atoms with Crippen LogP contribution in [-0.4, -0.2) is 6.54 Å². The molecule has 0 spiro atoms. The predicted octanol–water partition coefficient (Wildman–Crippen LogP) is 5.90. The molecule has 5 heteroatoms. The van der Waals surface area contributed by atoms with Gasteiger partial charge in [0.2, 0.25) is 0 Å². The standard InChI is InChI=1S/C16H15Br2ClFN/c1-2-21-16(13-6-5-11(17)8-14(13)19)7-10-3-4-12(18)9-15(10)20/h3-6,8-9,16,21H,2,7H2,1H3. The minimum atomic E-state index is -0.208. The highest BCUT2D eigenvalue weighted by molar-refractivity contribution is 9.10. The topological polar surface area (TPSA) is 12.0 Å². The average molecular weight is 436 g/mol. The molecule has 21 heavy (non-hydrogen) atoms. The lowest BCUT2D eigenvalue weighted by atomic mass is 9.98. The van der Waals surface area contributed by atoms with E-state index in [9.17, 15) is 4.39 Å². The van der Waals surface area contributed by atoms with Crippen LogP contribution in [0, 0.1) is 5.82 Å². The van der Waals surface area contributed by atoms with Crippen LogP contribution in [0.15, 0.2) is 45.3 Å². The molecule has 1 N–H and O–H groups in total. The van der Waals surface area contributed by atoms with Gasteiger partial charge in [-0.05, 0) is 48.4 Å². The molecule has 0 aliphatic rings. The Morgan fingerprint density at radius 1 is 1.14 bits per heavy atom. The van der Waals surface area contributed by atoms with E-state index < -0.39 is 0 Å². The average Bonchev–Trinajstić information content (AvgIpc) is 2.41. The lowest BCUT2D eigenvalue weighted by Gasteiger charge is -2.20. The Hall–Kier alpha value is -0.420. The van der Waals surface area contributed by atoms with Gasteiger partial charge in [-0.3, -0.25) is 0 Å². The van der Waals surface area contributed by atoms with Gasteiger partial charge in [0.25, 0.3) is 0 Å². The summed E-state index contributed by atoms with van der Waals surface area (Å²) in [6, 6.07) is 10.9. The van der Waals surface area contributed by atoms with E-state index in [0.29, 0.717) is 17.0 Å². The highest BCUT2D eigenvalue weighted by atomic mass is 79.9. The van der Waals surface area contributed by atoms with Crippen molar-refractivity contribution >= 4 is 43.5 Å². The van der Waals surface area contributed by atoms with Crippen LogP contribution in [-0.2, 0) is 6.42 Å². The minimum absolute atomic E-state index is 0.0220. The molecule has 0 aliphatic heterocycles. The highest BCUT2D eigenvalue weighted by Gasteiger charge is 2.16. The van der Waals surface area contributed by atoms with Crippen molar-refractivity contribution in [2.75, 3.05) is 6.54 Å². The first-order valence-electron chi connectivity index (χ1n) is 6.63. The van der Waals surface area contributed by atoms with Gasteiger partial charge in [0, 0.05) is 20.0 Å². The SMILES string of the molecule is CCNC(Cc1ccc(Br)cc1F)c1ccc(Br)cc1Cl. The van der Waals surface area contributed by atoms with Gasteiger partial charge < -0.3 is 5.32 Å². The fourth-order valence-corrected chi connectivity index (χ4v) is 3.37. The maximum atomic E-state index is 14.0. The van der Waals surface area contributed by atoms with Gasteiger partial charge >= 0.3 is 0 Å². The molecule has 0 saturated carbocycles. The lowest BCUT2D eigenvalue weighted by molar-refractivity contribution is 0.528. The van der Waals surface area contributed by atoms with E-state index in [0.717, 1.165) is 21.1 Å². The van der Waals surface area contributed by atoms with Crippen LogP contribution in [0.1, 0.15) is 24.1 Å². The summed E-state index contributed by atoms with van der Waals surface area (Å²) < 4.78 is 15.7. The molecule has 1 unspecified atom stereocenters. The summed E-state index contributed by atoms with van der Waals surface area (Å²) in [4.78, 5) is 0. The number of hydrogen-bond donors (Lipinski definition) is 1. The Morgan fingerprint density at radius 3 is 2.43 bits per heavy atom. The van der Waals surface area contributed by atoms with E-state index in [-0.39, 0.29) is 11.9 Å². The second kappa shape index (κ2) is 7.73. The van der Waals surface area contributed by atoms with Crippen LogP contribution in [0.25, 0.3) is 0 Å². The monoisotopic (exact) mass is 433 g/mol. The fourth-order valence-electron chi connectivity index (χ4n) is 2.23. The molecule has 0 bridgehead atoms. The van der Waals surface area contributed by atoms with Crippen molar-refractivity contribution < 1.29 is 4.39 Å².